The first kappa shape index (κ1) is 29.5. The minimum atomic E-state index is -1.11. The molecule has 0 unspecified atom stereocenters. The lowest BCUT2D eigenvalue weighted by Crippen LogP contribution is -2.36. The lowest BCUT2D eigenvalue weighted by Gasteiger charge is -2.44. The molecule has 0 saturated heterocycles. The number of hydrogen-bond acceptors (Lipinski definition) is 4. The number of aromatic nitrogens is 4. The van der Waals surface area contributed by atoms with E-state index in [-0.39, 0.29) is 22.2 Å². The van der Waals surface area contributed by atoms with Gasteiger partial charge in [-0.3, -0.25) is 8.18 Å². The summed E-state index contributed by atoms with van der Waals surface area (Å²) in [7, 11) is -3.94. The fraction of sp³-hybridized carbons (Fsp3) is 0.571. The van der Waals surface area contributed by atoms with Gasteiger partial charge in [-0.05, 0) is 107 Å². The number of nitrogens with one attached hydrogen (secondary N) is 2. The lowest BCUT2D eigenvalue weighted by molar-refractivity contribution is 0.369. The SMILES string of the molecule is CC(C)(C)n1p2n(C(C)(C)C)p1Nc1ccccc1Op1n(C(C)(C)C)p(n1C(C)(C)C)Oc1ccccc1N2. The highest BCUT2D eigenvalue weighted by atomic mass is 31.2. The van der Waals surface area contributed by atoms with Crippen LogP contribution in [0.2, 0.25) is 0 Å². The average molecular weight is 623 g/mol. The maximum atomic E-state index is 7.03. The van der Waals surface area contributed by atoms with Gasteiger partial charge in [0.2, 0.25) is 16.2 Å². The van der Waals surface area contributed by atoms with Crippen molar-refractivity contribution in [2.45, 2.75) is 105 Å². The van der Waals surface area contributed by atoms with Crippen molar-refractivity contribution < 1.29 is 9.05 Å². The van der Waals surface area contributed by atoms with Crippen molar-refractivity contribution in [3.05, 3.63) is 48.5 Å². The molecule has 0 radical (unpaired) electrons. The zero-order valence-corrected chi connectivity index (χ0v) is 29.6. The van der Waals surface area contributed by atoms with Crippen LogP contribution in [0.5, 0.6) is 11.5 Å². The van der Waals surface area contributed by atoms with Crippen LogP contribution in [0, 0.1) is 0 Å². The van der Waals surface area contributed by atoms with Gasteiger partial charge in [0.1, 0.15) is 16.0 Å². The molecule has 12 heteroatoms. The summed E-state index contributed by atoms with van der Waals surface area (Å²) in [5.74, 6) is 1.78. The molecule has 0 fully saturated rings. The van der Waals surface area contributed by atoms with Gasteiger partial charge in [0.25, 0.3) is 0 Å². The van der Waals surface area contributed by atoms with Crippen molar-refractivity contribution >= 4 is 43.5 Å². The van der Waals surface area contributed by atoms with E-state index < -0.39 is 32.2 Å². The smallest absolute Gasteiger partial charge is 0.249 e. The monoisotopic (exact) mass is 622 g/mol. The summed E-state index contributed by atoms with van der Waals surface area (Å²) in [6.07, 6.45) is 0. The van der Waals surface area contributed by atoms with Crippen LogP contribution in [0.1, 0.15) is 83.1 Å². The van der Waals surface area contributed by atoms with Crippen molar-refractivity contribution in [2.24, 2.45) is 0 Å². The van der Waals surface area contributed by atoms with Crippen LogP contribution < -0.4 is 19.2 Å². The van der Waals surface area contributed by atoms with Crippen LogP contribution in [-0.2, 0) is 22.2 Å². The molecule has 6 heterocycles. The summed E-state index contributed by atoms with van der Waals surface area (Å²) in [6, 6.07) is 16.9. The second-order valence-corrected chi connectivity index (χ2v) is 21.8. The Kier molecular flexibility index (Phi) is 7.24. The molecule has 4 bridgehead atoms. The van der Waals surface area contributed by atoms with E-state index in [0.717, 1.165) is 22.9 Å². The van der Waals surface area contributed by atoms with E-state index >= 15 is 0 Å². The van der Waals surface area contributed by atoms with Gasteiger partial charge in [0.15, 0.2) is 11.5 Å². The quantitative estimate of drug-likeness (QED) is 0.180. The zero-order chi connectivity index (χ0) is 29.4. The van der Waals surface area contributed by atoms with E-state index in [4.69, 9.17) is 9.05 Å². The molecule has 8 nitrogen and oxygen atoms in total. The third-order valence-electron chi connectivity index (χ3n) is 6.34. The number of para-hydroxylation sites is 4. The summed E-state index contributed by atoms with van der Waals surface area (Å²) in [5, 5.41) is 7.96. The van der Waals surface area contributed by atoms with E-state index in [9.17, 15) is 0 Å². The highest BCUT2D eigenvalue weighted by Crippen LogP contribution is 2.60. The molecular weight excluding hydrogens is 576 g/mol. The van der Waals surface area contributed by atoms with E-state index in [2.05, 4.69) is 158 Å². The molecule has 0 saturated carbocycles. The third kappa shape index (κ3) is 5.22. The van der Waals surface area contributed by atoms with Crippen molar-refractivity contribution in [1.82, 2.24) is 16.4 Å². The lowest BCUT2D eigenvalue weighted by atomic mass is 10.1. The number of benzene rings is 2. The molecule has 4 aromatic rings. The van der Waals surface area contributed by atoms with Gasteiger partial charge in [-0.1, -0.05) is 24.3 Å². The average Bonchev–Trinajstić information content (AvgIpc) is 2.74. The molecule has 0 spiro atoms. The molecule has 2 N–H and O–H groups in total. The second-order valence-electron chi connectivity index (χ2n) is 14.3. The zero-order valence-electron chi connectivity index (χ0n) is 26.0. The second kappa shape index (κ2) is 9.81. The molecule has 0 atom stereocenters. The predicted molar refractivity (Wildman–Crippen MR) is 176 cm³/mol. The highest BCUT2D eigenvalue weighted by Gasteiger charge is 2.39. The topological polar surface area (TPSA) is 62.2 Å². The Morgan fingerprint density at radius 3 is 1.07 bits per heavy atom. The van der Waals surface area contributed by atoms with Crippen molar-refractivity contribution in [3.8, 4) is 11.5 Å². The molecule has 0 aliphatic carbocycles. The first-order valence-corrected chi connectivity index (χ1v) is 18.7. The molecule has 2 aromatic carbocycles. The predicted octanol–water partition coefficient (Wildman–Crippen LogP) is 10.7. The van der Waals surface area contributed by atoms with Gasteiger partial charge in [-0.15, -0.1) is 0 Å². The van der Waals surface area contributed by atoms with Crippen molar-refractivity contribution in [3.63, 3.8) is 0 Å². The summed E-state index contributed by atoms with van der Waals surface area (Å²) in [4.78, 5) is 0. The number of hydrogen-bond donors (Lipinski definition) is 2. The minimum Gasteiger partial charge on any atom is -0.415 e. The Balaban J connectivity index is 1.82. The summed E-state index contributed by atoms with van der Waals surface area (Å²) < 4.78 is 24.2. The van der Waals surface area contributed by atoms with Gasteiger partial charge in [-0.2, -0.15) is 0 Å². The molecule has 40 heavy (non-hydrogen) atoms. The van der Waals surface area contributed by atoms with E-state index in [0.29, 0.717) is 0 Å². The molecule has 8 rings (SSSR count). The molecule has 220 valence electrons. The van der Waals surface area contributed by atoms with Gasteiger partial charge < -0.3 is 19.2 Å². The summed E-state index contributed by atoms with van der Waals surface area (Å²) in [5.41, 5.74) is 1.69. The number of nitrogens with zero attached hydrogens (tertiary/aromatic N) is 4. The maximum absolute atomic E-state index is 7.03. The highest BCUT2D eigenvalue weighted by molar-refractivity contribution is 7.66. The van der Waals surface area contributed by atoms with Crippen molar-refractivity contribution in [1.29, 1.82) is 0 Å². The van der Waals surface area contributed by atoms with Crippen LogP contribution in [0.3, 0.4) is 0 Å². The van der Waals surface area contributed by atoms with E-state index in [1.54, 1.807) is 0 Å². The minimum absolute atomic E-state index is 0.0514. The van der Waals surface area contributed by atoms with Gasteiger partial charge >= 0.3 is 0 Å². The summed E-state index contributed by atoms with van der Waals surface area (Å²) >= 11 is 0. The van der Waals surface area contributed by atoms with Crippen LogP contribution in [0.15, 0.2) is 48.5 Å². The Labute approximate surface area is 244 Å². The van der Waals surface area contributed by atoms with E-state index in [1.807, 2.05) is 0 Å². The maximum Gasteiger partial charge on any atom is 0.249 e. The first-order chi connectivity index (χ1) is 18.4. The third-order valence-corrected chi connectivity index (χ3v) is 19.3. The van der Waals surface area contributed by atoms with Crippen LogP contribution in [0.25, 0.3) is 0 Å². The Morgan fingerprint density at radius 1 is 0.475 bits per heavy atom. The fourth-order valence-electron chi connectivity index (χ4n) is 4.73. The molecule has 4 aliphatic rings. The molecule has 2 aromatic heterocycles. The van der Waals surface area contributed by atoms with Crippen molar-refractivity contribution in [2.75, 3.05) is 10.2 Å². The Morgan fingerprint density at radius 2 is 0.775 bits per heavy atom. The van der Waals surface area contributed by atoms with Gasteiger partial charge in [0.05, 0.1) is 22.5 Å². The van der Waals surface area contributed by atoms with Gasteiger partial charge in [0, 0.05) is 11.1 Å². The molecular formula is C28H46N6O2P4. The summed E-state index contributed by atoms with van der Waals surface area (Å²) in [6.45, 7) is 27.4. The van der Waals surface area contributed by atoms with Crippen LogP contribution in [0.4, 0.5) is 11.4 Å². The Hall–Kier alpha value is -1.96. The van der Waals surface area contributed by atoms with Gasteiger partial charge in [-0.25, -0.2) is 8.18 Å². The fourth-order valence-corrected chi connectivity index (χ4v) is 16.0. The largest absolute Gasteiger partial charge is 0.415 e. The molecule has 0 amide bonds. The van der Waals surface area contributed by atoms with Crippen LogP contribution >= 0.6 is 32.2 Å². The molecule has 4 aliphatic heterocycles. The normalized spacial score (nSPS) is 16.1. The van der Waals surface area contributed by atoms with E-state index in [1.165, 1.54) is 0 Å². The first-order valence-electron chi connectivity index (χ1n) is 13.9. The number of anilines is 2. The van der Waals surface area contributed by atoms with Crippen LogP contribution in [-0.4, -0.2) is 16.4 Å². The standard InChI is InChI=1S/C28H46N6O2P4/c1-25(2,3)31-37-29-21-17-13-15-19-23(21)35-39-33(27(7,8)9)40(34(39)28(10,11)12)36-24-20-16-14-18-22(24)30-38(31)32(37)26(4,5)6/h13-20,29-30H,1-12H3. The number of rotatable bonds is 0. The Bertz CT molecular complexity index is 1290.